The van der Waals surface area contributed by atoms with E-state index in [1.807, 2.05) is 7.05 Å². The van der Waals surface area contributed by atoms with Crippen LogP contribution in [0.15, 0.2) is 30.3 Å². The fraction of sp³-hybridized carbons (Fsp3) is 0.571. The van der Waals surface area contributed by atoms with E-state index in [4.69, 9.17) is 0 Å². The lowest BCUT2D eigenvalue weighted by Gasteiger charge is -2.34. The first-order valence-electron chi connectivity index (χ1n) is 6.42. The van der Waals surface area contributed by atoms with Gasteiger partial charge in [-0.15, -0.1) is 0 Å². The second-order valence-corrected chi connectivity index (χ2v) is 4.86. The average Bonchev–Trinajstić information content (AvgIpc) is 2.39. The molecule has 0 saturated carbocycles. The lowest BCUT2D eigenvalue weighted by Crippen LogP contribution is -2.47. The van der Waals surface area contributed by atoms with Gasteiger partial charge in [0.15, 0.2) is 0 Å². The molecule has 0 amide bonds. The van der Waals surface area contributed by atoms with E-state index in [-0.39, 0.29) is 0 Å². The molecule has 1 aromatic carbocycles. The van der Waals surface area contributed by atoms with Gasteiger partial charge in [0.05, 0.1) is 0 Å². The third-order valence-corrected chi connectivity index (χ3v) is 3.59. The SMILES string of the molecule is CNC(CN1CCN(C)CC1)c1ccccc1. The summed E-state index contributed by atoms with van der Waals surface area (Å²) < 4.78 is 0. The molecule has 0 aromatic heterocycles. The van der Waals surface area contributed by atoms with Crippen molar-refractivity contribution in [2.24, 2.45) is 0 Å². The molecule has 1 unspecified atom stereocenters. The molecule has 3 heteroatoms. The smallest absolute Gasteiger partial charge is 0.0446 e. The van der Waals surface area contributed by atoms with Gasteiger partial charge < -0.3 is 10.2 Å². The van der Waals surface area contributed by atoms with E-state index in [0.29, 0.717) is 6.04 Å². The molecule has 1 aromatic rings. The maximum absolute atomic E-state index is 3.42. The molecule has 1 aliphatic rings. The first-order valence-corrected chi connectivity index (χ1v) is 6.42. The Kier molecular flexibility index (Phi) is 4.54. The average molecular weight is 233 g/mol. The highest BCUT2D eigenvalue weighted by Gasteiger charge is 2.18. The summed E-state index contributed by atoms with van der Waals surface area (Å²) in [6.45, 7) is 5.84. The predicted octanol–water partition coefficient (Wildman–Crippen LogP) is 1.19. The van der Waals surface area contributed by atoms with Crippen molar-refractivity contribution in [3.05, 3.63) is 35.9 Å². The Morgan fingerprint density at radius 2 is 1.76 bits per heavy atom. The van der Waals surface area contributed by atoms with Crippen LogP contribution in [0.3, 0.4) is 0 Å². The Morgan fingerprint density at radius 1 is 1.12 bits per heavy atom. The minimum Gasteiger partial charge on any atom is -0.312 e. The molecule has 0 bridgehead atoms. The van der Waals surface area contributed by atoms with E-state index in [1.165, 1.54) is 31.7 Å². The summed E-state index contributed by atoms with van der Waals surface area (Å²) in [6, 6.07) is 11.2. The van der Waals surface area contributed by atoms with Crippen molar-refractivity contribution >= 4 is 0 Å². The number of hydrogen-bond acceptors (Lipinski definition) is 3. The molecule has 1 N–H and O–H groups in total. The van der Waals surface area contributed by atoms with Gasteiger partial charge >= 0.3 is 0 Å². The molecule has 1 fully saturated rings. The largest absolute Gasteiger partial charge is 0.312 e. The highest BCUT2D eigenvalue weighted by molar-refractivity contribution is 5.19. The number of nitrogens with one attached hydrogen (secondary N) is 1. The Morgan fingerprint density at radius 3 is 2.35 bits per heavy atom. The molecule has 1 heterocycles. The van der Waals surface area contributed by atoms with Crippen LogP contribution < -0.4 is 5.32 Å². The Bertz CT molecular complexity index is 317. The summed E-state index contributed by atoms with van der Waals surface area (Å²) in [5, 5.41) is 3.42. The maximum Gasteiger partial charge on any atom is 0.0446 e. The standard InChI is InChI=1S/C14H23N3/c1-15-14(13-6-4-3-5-7-13)12-17-10-8-16(2)9-11-17/h3-7,14-15H,8-12H2,1-2H3. The zero-order valence-corrected chi connectivity index (χ0v) is 10.9. The van der Waals surface area contributed by atoms with Crippen LogP contribution in [-0.2, 0) is 0 Å². The van der Waals surface area contributed by atoms with E-state index in [2.05, 4.69) is 52.5 Å². The summed E-state index contributed by atoms with van der Waals surface area (Å²) in [4.78, 5) is 4.95. The monoisotopic (exact) mass is 233 g/mol. The lowest BCUT2D eigenvalue weighted by atomic mass is 10.1. The molecule has 1 atom stereocenters. The highest BCUT2D eigenvalue weighted by Crippen LogP contribution is 2.14. The second kappa shape index (κ2) is 6.15. The van der Waals surface area contributed by atoms with Gasteiger partial charge in [0.25, 0.3) is 0 Å². The van der Waals surface area contributed by atoms with Gasteiger partial charge in [-0.05, 0) is 19.7 Å². The van der Waals surface area contributed by atoms with Crippen LogP contribution in [0.4, 0.5) is 0 Å². The van der Waals surface area contributed by atoms with Crippen molar-refractivity contribution in [2.45, 2.75) is 6.04 Å². The van der Waals surface area contributed by atoms with Crippen molar-refractivity contribution in [3.8, 4) is 0 Å². The number of rotatable bonds is 4. The lowest BCUT2D eigenvalue weighted by molar-refractivity contribution is 0.143. The number of benzene rings is 1. The van der Waals surface area contributed by atoms with Gasteiger partial charge in [-0.1, -0.05) is 30.3 Å². The maximum atomic E-state index is 3.42. The number of likely N-dealkylation sites (N-methyl/N-ethyl adjacent to an activating group) is 2. The predicted molar refractivity (Wildman–Crippen MR) is 72.2 cm³/mol. The topological polar surface area (TPSA) is 18.5 Å². The summed E-state index contributed by atoms with van der Waals surface area (Å²) in [6.07, 6.45) is 0. The molecule has 2 rings (SSSR count). The van der Waals surface area contributed by atoms with Crippen LogP contribution in [-0.4, -0.2) is 56.6 Å². The van der Waals surface area contributed by atoms with Gasteiger partial charge in [0.1, 0.15) is 0 Å². The molecule has 0 spiro atoms. The first-order chi connectivity index (χ1) is 8.29. The molecular weight excluding hydrogens is 210 g/mol. The fourth-order valence-electron chi connectivity index (χ4n) is 2.34. The molecule has 0 aliphatic carbocycles. The normalized spacial score (nSPS) is 20.4. The Balaban J connectivity index is 1.92. The van der Waals surface area contributed by atoms with Crippen LogP contribution in [0.5, 0.6) is 0 Å². The number of hydrogen-bond donors (Lipinski definition) is 1. The summed E-state index contributed by atoms with van der Waals surface area (Å²) in [5.74, 6) is 0. The molecule has 1 aliphatic heterocycles. The van der Waals surface area contributed by atoms with Crippen LogP contribution in [0, 0.1) is 0 Å². The molecular formula is C14H23N3. The fourth-order valence-corrected chi connectivity index (χ4v) is 2.34. The van der Waals surface area contributed by atoms with E-state index >= 15 is 0 Å². The van der Waals surface area contributed by atoms with Gasteiger partial charge in [0.2, 0.25) is 0 Å². The van der Waals surface area contributed by atoms with Crippen molar-refractivity contribution in [1.29, 1.82) is 0 Å². The van der Waals surface area contributed by atoms with Crippen LogP contribution in [0.1, 0.15) is 11.6 Å². The van der Waals surface area contributed by atoms with Gasteiger partial charge in [-0.3, -0.25) is 4.90 Å². The minimum atomic E-state index is 0.444. The third-order valence-electron chi connectivity index (χ3n) is 3.59. The Hall–Kier alpha value is -0.900. The van der Waals surface area contributed by atoms with Crippen molar-refractivity contribution < 1.29 is 0 Å². The third kappa shape index (κ3) is 3.53. The van der Waals surface area contributed by atoms with Crippen molar-refractivity contribution in [2.75, 3.05) is 46.8 Å². The number of piperazine rings is 1. The van der Waals surface area contributed by atoms with E-state index in [0.717, 1.165) is 6.54 Å². The van der Waals surface area contributed by atoms with Crippen molar-refractivity contribution in [1.82, 2.24) is 15.1 Å². The minimum absolute atomic E-state index is 0.444. The highest BCUT2D eigenvalue weighted by atomic mass is 15.3. The van der Waals surface area contributed by atoms with E-state index < -0.39 is 0 Å². The zero-order valence-electron chi connectivity index (χ0n) is 10.9. The van der Waals surface area contributed by atoms with Crippen LogP contribution >= 0.6 is 0 Å². The van der Waals surface area contributed by atoms with Gasteiger partial charge in [0, 0.05) is 38.8 Å². The van der Waals surface area contributed by atoms with Crippen molar-refractivity contribution in [3.63, 3.8) is 0 Å². The van der Waals surface area contributed by atoms with E-state index in [9.17, 15) is 0 Å². The quantitative estimate of drug-likeness (QED) is 0.843. The second-order valence-electron chi connectivity index (χ2n) is 4.86. The molecule has 94 valence electrons. The molecule has 17 heavy (non-hydrogen) atoms. The Labute approximate surface area is 104 Å². The van der Waals surface area contributed by atoms with Crippen LogP contribution in [0.2, 0.25) is 0 Å². The molecule has 1 saturated heterocycles. The van der Waals surface area contributed by atoms with E-state index in [1.54, 1.807) is 0 Å². The number of nitrogens with zero attached hydrogens (tertiary/aromatic N) is 2. The van der Waals surface area contributed by atoms with Gasteiger partial charge in [-0.2, -0.15) is 0 Å². The summed E-state index contributed by atoms with van der Waals surface area (Å²) in [5.41, 5.74) is 1.38. The summed E-state index contributed by atoms with van der Waals surface area (Å²) in [7, 11) is 4.25. The van der Waals surface area contributed by atoms with Crippen LogP contribution in [0.25, 0.3) is 0 Å². The molecule has 3 nitrogen and oxygen atoms in total. The first kappa shape index (κ1) is 12.6. The molecule has 0 radical (unpaired) electrons. The zero-order chi connectivity index (χ0) is 12.1. The van der Waals surface area contributed by atoms with Gasteiger partial charge in [-0.25, -0.2) is 0 Å². The summed E-state index contributed by atoms with van der Waals surface area (Å²) >= 11 is 0.